The molecule has 0 bridgehead atoms. The Hall–Kier alpha value is -3.42. The van der Waals surface area contributed by atoms with Gasteiger partial charge in [0, 0.05) is 35.6 Å². The van der Waals surface area contributed by atoms with Crippen LogP contribution in [0.25, 0.3) is 22.0 Å². The number of rotatable bonds is 5. The molecule has 0 spiro atoms. The molecule has 2 aromatic heterocycles. The van der Waals surface area contributed by atoms with Crippen molar-refractivity contribution in [3.05, 3.63) is 123 Å². The van der Waals surface area contributed by atoms with Crippen molar-refractivity contribution >= 4 is 34.1 Å². The molecule has 3 N–H and O–H groups in total. The minimum absolute atomic E-state index is 0. The van der Waals surface area contributed by atoms with E-state index in [1.807, 2.05) is 79.5 Å². The standard InChI is InChI=1S/C28H24Cl2N4O.H2O/c1-31-28(26-16-32-17-33(26)2,19-7-10-21(29)11-8-19)20-9-12-25-24(14-20)23(15-27(35)34(25)3)18-5-4-6-22(30)13-18;/h4-17,31H,1-3H3;1H2. The van der Waals surface area contributed by atoms with Gasteiger partial charge in [0.15, 0.2) is 0 Å². The zero-order valence-corrected chi connectivity index (χ0v) is 21.6. The summed E-state index contributed by atoms with van der Waals surface area (Å²) in [5.74, 6) is 0. The summed E-state index contributed by atoms with van der Waals surface area (Å²) in [6, 6.07) is 23.3. The molecule has 3 aromatic carbocycles. The summed E-state index contributed by atoms with van der Waals surface area (Å²) in [4.78, 5) is 17.2. The monoisotopic (exact) mass is 520 g/mol. The molecule has 0 aliphatic heterocycles. The molecule has 36 heavy (non-hydrogen) atoms. The molecule has 0 saturated heterocycles. The average Bonchev–Trinajstić information content (AvgIpc) is 3.29. The minimum atomic E-state index is -0.718. The van der Waals surface area contributed by atoms with Gasteiger partial charge >= 0.3 is 0 Å². The van der Waals surface area contributed by atoms with Gasteiger partial charge in [-0.05, 0) is 65.7 Å². The Morgan fingerprint density at radius 1 is 0.889 bits per heavy atom. The van der Waals surface area contributed by atoms with Gasteiger partial charge in [0.25, 0.3) is 5.56 Å². The van der Waals surface area contributed by atoms with Gasteiger partial charge in [-0.1, -0.05) is 53.5 Å². The fraction of sp³-hybridized carbons (Fsp3) is 0.143. The zero-order chi connectivity index (χ0) is 24.7. The fourth-order valence-electron chi connectivity index (χ4n) is 4.89. The van der Waals surface area contributed by atoms with Crippen LogP contribution in [-0.4, -0.2) is 26.6 Å². The quantitative estimate of drug-likeness (QED) is 0.356. The number of benzene rings is 3. The lowest BCUT2D eigenvalue weighted by atomic mass is 9.79. The zero-order valence-electron chi connectivity index (χ0n) is 20.1. The third kappa shape index (κ3) is 4.12. The smallest absolute Gasteiger partial charge is 0.251 e. The van der Waals surface area contributed by atoms with Gasteiger partial charge in [0.2, 0.25) is 0 Å². The summed E-state index contributed by atoms with van der Waals surface area (Å²) in [5, 5.41) is 5.81. The summed E-state index contributed by atoms with van der Waals surface area (Å²) in [6.45, 7) is 0. The Labute approximate surface area is 219 Å². The Morgan fingerprint density at radius 3 is 2.25 bits per heavy atom. The predicted octanol–water partition coefficient (Wildman–Crippen LogP) is 4.93. The van der Waals surface area contributed by atoms with Gasteiger partial charge in [0.05, 0.1) is 23.7 Å². The van der Waals surface area contributed by atoms with Crippen molar-refractivity contribution in [3.63, 3.8) is 0 Å². The highest BCUT2D eigenvalue weighted by Crippen LogP contribution is 2.39. The third-order valence-electron chi connectivity index (χ3n) is 6.67. The lowest BCUT2D eigenvalue weighted by Crippen LogP contribution is -2.43. The van der Waals surface area contributed by atoms with E-state index in [1.54, 1.807) is 24.0 Å². The summed E-state index contributed by atoms with van der Waals surface area (Å²) in [6.07, 6.45) is 3.66. The van der Waals surface area contributed by atoms with Crippen LogP contribution in [0.4, 0.5) is 0 Å². The third-order valence-corrected chi connectivity index (χ3v) is 7.16. The lowest BCUT2D eigenvalue weighted by Gasteiger charge is -2.35. The molecule has 8 heteroatoms. The largest absolute Gasteiger partial charge is 0.412 e. The van der Waals surface area contributed by atoms with Crippen molar-refractivity contribution < 1.29 is 5.48 Å². The van der Waals surface area contributed by atoms with Gasteiger partial charge in [-0.2, -0.15) is 0 Å². The van der Waals surface area contributed by atoms with Gasteiger partial charge in [-0.25, -0.2) is 4.98 Å². The number of imidazole rings is 1. The summed E-state index contributed by atoms with van der Waals surface area (Å²) in [7, 11) is 5.70. The second kappa shape index (κ2) is 9.91. The van der Waals surface area contributed by atoms with Crippen molar-refractivity contribution in [2.24, 2.45) is 14.1 Å². The Bertz CT molecular complexity index is 1610. The van der Waals surface area contributed by atoms with E-state index >= 15 is 0 Å². The number of aryl methyl sites for hydroxylation is 2. The average molecular weight is 521 g/mol. The highest BCUT2D eigenvalue weighted by molar-refractivity contribution is 6.31. The Balaban J connectivity index is 0.00000304. The van der Waals surface area contributed by atoms with E-state index in [0.717, 1.165) is 38.9 Å². The maximum absolute atomic E-state index is 12.8. The molecule has 5 rings (SSSR count). The second-order valence-corrected chi connectivity index (χ2v) is 9.47. The number of hydrogen-bond donors (Lipinski definition) is 1. The summed E-state index contributed by atoms with van der Waals surface area (Å²) < 4.78 is 3.68. The first-order valence-electron chi connectivity index (χ1n) is 11.2. The van der Waals surface area contributed by atoms with Crippen molar-refractivity contribution in [2.45, 2.75) is 5.54 Å². The van der Waals surface area contributed by atoms with E-state index in [0.29, 0.717) is 10.0 Å². The maximum atomic E-state index is 12.8. The summed E-state index contributed by atoms with van der Waals surface area (Å²) >= 11 is 12.5. The summed E-state index contributed by atoms with van der Waals surface area (Å²) in [5.41, 5.74) is 4.74. The number of nitrogens with zero attached hydrogens (tertiary/aromatic N) is 3. The molecule has 0 fully saturated rings. The molecular weight excluding hydrogens is 495 g/mol. The first kappa shape index (κ1) is 25.7. The van der Waals surface area contributed by atoms with E-state index in [1.165, 1.54) is 0 Å². The van der Waals surface area contributed by atoms with Crippen LogP contribution in [0.3, 0.4) is 0 Å². The van der Waals surface area contributed by atoms with Crippen LogP contribution >= 0.6 is 23.2 Å². The van der Waals surface area contributed by atoms with Crippen LogP contribution in [0.15, 0.2) is 90.1 Å². The van der Waals surface area contributed by atoms with Crippen LogP contribution in [0, 0.1) is 0 Å². The van der Waals surface area contributed by atoms with Crippen molar-refractivity contribution in [1.29, 1.82) is 0 Å². The van der Waals surface area contributed by atoms with Crippen molar-refractivity contribution in [2.75, 3.05) is 7.05 Å². The number of nitrogens with one attached hydrogen (secondary N) is 1. The van der Waals surface area contributed by atoms with Gasteiger partial charge in [-0.15, -0.1) is 0 Å². The molecule has 0 saturated carbocycles. The highest BCUT2D eigenvalue weighted by atomic mass is 35.5. The van der Waals surface area contributed by atoms with E-state index in [4.69, 9.17) is 23.2 Å². The van der Waals surface area contributed by atoms with Crippen LogP contribution in [-0.2, 0) is 19.6 Å². The maximum Gasteiger partial charge on any atom is 0.251 e. The number of halogens is 2. The van der Waals surface area contributed by atoms with Crippen LogP contribution in [0.2, 0.25) is 10.0 Å². The van der Waals surface area contributed by atoms with Crippen LogP contribution < -0.4 is 10.9 Å². The Morgan fingerprint density at radius 2 is 1.61 bits per heavy atom. The number of fused-ring (bicyclic) bond motifs is 1. The highest BCUT2D eigenvalue weighted by Gasteiger charge is 2.37. The molecule has 6 nitrogen and oxygen atoms in total. The fourth-order valence-corrected chi connectivity index (χ4v) is 5.20. The molecule has 1 atom stereocenters. The molecule has 5 aromatic rings. The molecule has 2 heterocycles. The van der Waals surface area contributed by atoms with Crippen LogP contribution in [0.1, 0.15) is 16.8 Å². The number of pyridine rings is 1. The lowest BCUT2D eigenvalue weighted by molar-refractivity contribution is 0.493. The molecule has 0 aliphatic carbocycles. The van der Waals surface area contributed by atoms with Gasteiger partial charge < -0.3 is 19.9 Å². The molecule has 0 radical (unpaired) electrons. The number of aromatic nitrogens is 3. The van der Waals surface area contributed by atoms with E-state index in [9.17, 15) is 4.79 Å². The molecule has 184 valence electrons. The molecule has 0 amide bonds. The van der Waals surface area contributed by atoms with E-state index in [-0.39, 0.29) is 11.0 Å². The predicted molar refractivity (Wildman–Crippen MR) is 147 cm³/mol. The SMILES string of the molecule is CNC(c1ccc(Cl)cc1)(c1ccc2c(c1)c(-c1cccc(Cl)c1)cc(=O)n2C)c1cncn1C.O. The first-order valence-corrected chi connectivity index (χ1v) is 11.9. The van der Waals surface area contributed by atoms with Crippen molar-refractivity contribution in [1.82, 2.24) is 19.4 Å². The van der Waals surface area contributed by atoms with Crippen molar-refractivity contribution in [3.8, 4) is 11.1 Å². The molecular formula is C28H26Cl2N4O2. The normalized spacial score (nSPS) is 12.8. The van der Waals surface area contributed by atoms with E-state index in [2.05, 4.69) is 22.4 Å². The molecule has 1 unspecified atom stereocenters. The number of hydrogen-bond acceptors (Lipinski definition) is 3. The van der Waals surface area contributed by atoms with Crippen LogP contribution in [0.5, 0.6) is 0 Å². The Kier molecular flexibility index (Phi) is 7.07. The van der Waals surface area contributed by atoms with E-state index < -0.39 is 5.54 Å². The minimum Gasteiger partial charge on any atom is -0.412 e. The van der Waals surface area contributed by atoms with Gasteiger partial charge in [0.1, 0.15) is 5.54 Å². The van der Waals surface area contributed by atoms with Gasteiger partial charge in [-0.3, -0.25) is 4.79 Å². The first-order chi connectivity index (χ1) is 16.8. The molecule has 0 aliphatic rings. The second-order valence-electron chi connectivity index (χ2n) is 8.59. The topological polar surface area (TPSA) is 83.3 Å².